The minimum atomic E-state index is -3.39. The van der Waals surface area contributed by atoms with Crippen LogP contribution >= 0.6 is 0 Å². The molecular weight excluding hydrogens is 262 g/mol. The number of H-pyrrole nitrogens is 1. The van der Waals surface area contributed by atoms with E-state index in [2.05, 4.69) is 28.9 Å². The van der Waals surface area contributed by atoms with Crippen LogP contribution in [-0.2, 0) is 16.6 Å². The minimum absolute atomic E-state index is 0.0251. The standard InChI is InChI=1S/C13H23N3O2S/c1-9(2)14-7-12-6-13(8-15-12)19(17,18)16-10(3)11-4-5-11/h6,8-11,14-16H,4-5,7H2,1-3H3. The fraction of sp³-hybridized carbons (Fsp3) is 0.692. The van der Waals surface area contributed by atoms with Gasteiger partial charge in [0, 0.05) is 30.5 Å². The van der Waals surface area contributed by atoms with Gasteiger partial charge in [0.15, 0.2) is 0 Å². The molecule has 1 unspecified atom stereocenters. The van der Waals surface area contributed by atoms with E-state index in [9.17, 15) is 8.42 Å². The van der Waals surface area contributed by atoms with Crippen LogP contribution in [-0.4, -0.2) is 25.5 Å². The second kappa shape index (κ2) is 5.64. The first-order valence-electron chi connectivity index (χ1n) is 6.81. The van der Waals surface area contributed by atoms with Crippen LogP contribution in [0.25, 0.3) is 0 Å². The zero-order chi connectivity index (χ0) is 14.0. The molecule has 1 aliphatic carbocycles. The maximum absolute atomic E-state index is 12.2. The molecule has 108 valence electrons. The third-order valence-electron chi connectivity index (χ3n) is 3.40. The molecule has 5 nitrogen and oxygen atoms in total. The molecule has 19 heavy (non-hydrogen) atoms. The molecular formula is C13H23N3O2S. The molecule has 6 heteroatoms. The molecule has 0 aromatic carbocycles. The van der Waals surface area contributed by atoms with E-state index in [1.54, 1.807) is 12.3 Å². The molecule has 0 saturated heterocycles. The number of hydrogen-bond donors (Lipinski definition) is 3. The summed E-state index contributed by atoms with van der Waals surface area (Å²) in [5.41, 5.74) is 0.883. The molecule has 0 aliphatic heterocycles. The van der Waals surface area contributed by atoms with E-state index < -0.39 is 10.0 Å². The van der Waals surface area contributed by atoms with Crippen molar-refractivity contribution in [2.75, 3.05) is 0 Å². The topological polar surface area (TPSA) is 74.0 Å². The van der Waals surface area contributed by atoms with Crippen molar-refractivity contribution in [3.63, 3.8) is 0 Å². The number of aromatic amines is 1. The lowest BCUT2D eigenvalue weighted by molar-refractivity contribution is 0.538. The first kappa shape index (κ1) is 14.6. The van der Waals surface area contributed by atoms with Crippen molar-refractivity contribution in [2.24, 2.45) is 5.92 Å². The lowest BCUT2D eigenvalue weighted by Gasteiger charge is -2.11. The second-order valence-electron chi connectivity index (χ2n) is 5.64. The summed E-state index contributed by atoms with van der Waals surface area (Å²) in [7, 11) is -3.39. The number of sulfonamides is 1. The van der Waals surface area contributed by atoms with Crippen molar-refractivity contribution in [1.82, 2.24) is 15.0 Å². The number of rotatable bonds is 7. The number of nitrogens with one attached hydrogen (secondary N) is 3. The van der Waals surface area contributed by atoms with Gasteiger partial charge in [0.2, 0.25) is 10.0 Å². The molecule has 0 spiro atoms. The molecule has 1 heterocycles. The molecule has 1 atom stereocenters. The molecule has 2 rings (SSSR count). The van der Waals surface area contributed by atoms with Crippen molar-refractivity contribution in [2.45, 2.75) is 57.1 Å². The average molecular weight is 285 g/mol. The van der Waals surface area contributed by atoms with Crippen LogP contribution in [0.3, 0.4) is 0 Å². The van der Waals surface area contributed by atoms with Crippen LogP contribution in [0, 0.1) is 5.92 Å². The third-order valence-corrected chi connectivity index (χ3v) is 4.94. The van der Waals surface area contributed by atoms with Crippen molar-refractivity contribution < 1.29 is 8.42 Å². The van der Waals surface area contributed by atoms with E-state index in [1.165, 1.54) is 0 Å². The van der Waals surface area contributed by atoms with Gasteiger partial charge in [-0.25, -0.2) is 13.1 Å². The van der Waals surface area contributed by atoms with Gasteiger partial charge in [-0.3, -0.25) is 0 Å². The Kier molecular flexibility index (Phi) is 4.32. The van der Waals surface area contributed by atoms with Crippen molar-refractivity contribution in [1.29, 1.82) is 0 Å². The number of aromatic nitrogens is 1. The van der Waals surface area contributed by atoms with Gasteiger partial charge in [-0.2, -0.15) is 0 Å². The van der Waals surface area contributed by atoms with E-state index in [-0.39, 0.29) is 6.04 Å². The quantitative estimate of drug-likeness (QED) is 0.712. The van der Waals surface area contributed by atoms with Crippen LogP contribution < -0.4 is 10.0 Å². The summed E-state index contributed by atoms with van der Waals surface area (Å²) in [5.74, 6) is 0.510. The lowest BCUT2D eigenvalue weighted by atomic mass is 10.2. The van der Waals surface area contributed by atoms with Gasteiger partial charge in [0.25, 0.3) is 0 Å². The first-order valence-corrected chi connectivity index (χ1v) is 8.30. The third kappa shape index (κ3) is 4.06. The molecule has 1 aromatic heterocycles. The predicted molar refractivity (Wildman–Crippen MR) is 75.3 cm³/mol. The SMILES string of the molecule is CC(C)NCc1cc(S(=O)(=O)NC(C)C2CC2)c[nH]1. The summed E-state index contributed by atoms with van der Waals surface area (Å²) in [4.78, 5) is 3.32. The van der Waals surface area contributed by atoms with E-state index in [0.717, 1.165) is 18.5 Å². The molecule has 0 radical (unpaired) electrons. The fourth-order valence-corrected chi connectivity index (χ4v) is 3.32. The highest BCUT2D eigenvalue weighted by atomic mass is 32.2. The molecule has 3 N–H and O–H groups in total. The summed E-state index contributed by atoms with van der Waals surface area (Å²) in [6, 6.07) is 2.09. The lowest BCUT2D eigenvalue weighted by Crippen LogP contribution is -2.33. The van der Waals surface area contributed by atoms with Gasteiger partial charge in [0.05, 0.1) is 4.90 Å². The Bertz CT molecular complexity index is 518. The molecule has 0 amide bonds. The maximum Gasteiger partial charge on any atom is 0.242 e. The summed E-state index contributed by atoms with van der Waals surface area (Å²) < 4.78 is 27.1. The van der Waals surface area contributed by atoms with Gasteiger partial charge in [-0.1, -0.05) is 13.8 Å². The van der Waals surface area contributed by atoms with Gasteiger partial charge < -0.3 is 10.3 Å². The van der Waals surface area contributed by atoms with Crippen LogP contribution in [0.5, 0.6) is 0 Å². The summed E-state index contributed by atoms with van der Waals surface area (Å²) in [6.45, 7) is 6.69. The van der Waals surface area contributed by atoms with E-state index in [1.807, 2.05) is 6.92 Å². The zero-order valence-corrected chi connectivity index (χ0v) is 12.5. The number of hydrogen-bond acceptors (Lipinski definition) is 3. The summed E-state index contributed by atoms with van der Waals surface area (Å²) in [5, 5.41) is 3.25. The van der Waals surface area contributed by atoms with Crippen LogP contribution in [0.4, 0.5) is 0 Å². The highest BCUT2D eigenvalue weighted by Crippen LogP contribution is 2.33. The molecule has 1 saturated carbocycles. The van der Waals surface area contributed by atoms with Crippen molar-refractivity contribution >= 4 is 10.0 Å². The van der Waals surface area contributed by atoms with Gasteiger partial charge in [-0.05, 0) is 31.7 Å². The van der Waals surface area contributed by atoms with Crippen molar-refractivity contribution in [3.8, 4) is 0 Å². The normalized spacial score (nSPS) is 17.9. The second-order valence-corrected chi connectivity index (χ2v) is 7.36. The minimum Gasteiger partial charge on any atom is -0.363 e. The Balaban J connectivity index is 1.99. The highest BCUT2D eigenvalue weighted by molar-refractivity contribution is 7.89. The Hall–Kier alpha value is -0.850. The predicted octanol–water partition coefficient (Wildman–Crippen LogP) is 1.59. The fourth-order valence-electron chi connectivity index (χ4n) is 2.00. The van der Waals surface area contributed by atoms with Crippen LogP contribution in [0.2, 0.25) is 0 Å². The van der Waals surface area contributed by atoms with Crippen LogP contribution in [0.15, 0.2) is 17.2 Å². The molecule has 1 aliphatic rings. The van der Waals surface area contributed by atoms with Crippen molar-refractivity contribution in [3.05, 3.63) is 18.0 Å². The first-order chi connectivity index (χ1) is 8.88. The monoisotopic (exact) mass is 285 g/mol. The Labute approximate surface area is 115 Å². The zero-order valence-electron chi connectivity index (χ0n) is 11.7. The Morgan fingerprint density at radius 3 is 2.63 bits per heavy atom. The van der Waals surface area contributed by atoms with E-state index in [0.29, 0.717) is 23.4 Å². The van der Waals surface area contributed by atoms with Gasteiger partial charge in [-0.15, -0.1) is 0 Å². The van der Waals surface area contributed by atoms with Gasteiger partial charge >= 0.3 is 0 Å². The largest absolute Gasteiger partial charge is 0.363 e. The molecule has 1 aromatic rings. The summed E-state index contributed by atoms with van der Waals surface area (Å²) in [6.07, 6.45) is 3.81. The maximum atomic E-state index is 12.2. The molecule has 0 bridgehead atoms. The van der Waals surface area contributed by atoms with Crippen LogP contribution in [0.1, 0.15) is 39.3 Å². The Morgan fingerprint density at radius 1 is 1.37 bits per heavy atom. The molecule has 1 fully saturated rings. The highest BCUT2D eigenvalue weighted by Gasteiger charge is 2.31. The van der Waals surface area contributed by atoms with E-state index in [4.69, 9.17) is 0 Å². The smallest absolute Gasteiger partial charge is 0.242 e. The van der Waals surface area contributed by atoms with Gasteiger partial charge in [0.1, 0.15) is 0 Å². The average Bonchev–Trinajstić information content (AvgIpc) is 3.04. The Morgan fingerprint density at radius 2 is 2.05 bits per heavy atom. The van der Waals surface area contributed by atoms with E-state index >= 15 is 0 Å². The summed E-state index contributed by atoms with van der Waals surface area (Å²) >= 11 is 0.